The SMILES string of the molecule is CCN(CC[n+]1ccccc1)c1ccc(N=Nc2ccc(NC(=O)c3ccc(N=Nc4ccc(N(CC)CC[n+]5ccccc5)cc4C)cc3)cc2)c(C)c1. The number of hydrogen-bond acceptors (Lipinski definition) is 7. The number of carbonyl (C=O) groups is 1. The molecular weight excluding hydrogens is 683 g/mol. The molecule has 0 aliphatic carbocycles. The Morgan fingerprint density at radius 2 is 1.00 bits per heavy atom. The van der Waals surface area contributed by atoms with E-state index in [2.05, 4.69) is 127 Å². The number of benzene rings is 4. The molecule has 6 rings (SSSR count). The van der Waals surface area contributed by atoms with Crippen LogP contribution in [0.4, 0.5) is 39.8 Å². The number of likely N-dealkylation sites (N-methyl/N-ethyl adjacent to an activating group) is 2. The molecule has 6 aromatic rings. The molecule has 278 valence electrons. The first-order chi connectivity index (χ1) is 26.9. The zero-order valence-electron chi connectivity index (χ0n) is 32.1. The van der Waals surface area contributed by atoms with Crippen LogP contribution >= 0.6 is 0 Å². The molecule has 0 radical (unpaired) electrons. The van der Waals surface area contributed by atoms with Gasteiger partial charge in [-0.25, -0.2) is 9.13 Å². The number of rotatable bonds is 16. The fraction of sp³-hybridized carbons (Fsp3) is 0.222. The maximum atomic E-state index is 13.0. The summed E-state index contributed by atoms with van der Waals surface area (Å²) in [6, 6.07) is 39.2. The summed E-state index contributed by atoms with van der Waals surface area (Å²) in [5.41, 5.74) is 8.61. The van der Waals surface area contributed by atoms with E-state index >= 15 is 0 Å². The molecule has 2 heterocycles. The van der Waals surface area contributed by atoms with Gasteiger partial charge in [-0.3, -0.25) is 4.79 Å². The standard InChI is InChI=1S/C45H48N9O/c1-5-53(31-29-51-25-9-7-10-26-51)41-21-23-43(35(3)33-41)49-47-39-15-13-37(14-16-39)45(55)46-38-17-19-40(20-18-38)48-50-44-24-22-42(34-36(44)4)54(6-2)32-30-52-27-11-8-12-28-52/h7-28,33-34H,5-6,29-32H2,1-4H3/q+1/p+1. The van der Waals surface area contributed by atoms with Gasteiger partial charge in [-0.2, -0.15) is 20.5 Å². The van der Waals surface area contributed by atoms with Gasteiger partial charge in [0.05, 0.1) is 35.8 Å². The van der Waals surface area contributed by atoms with E-state index in [0.717, 1.165) is 67.5 Å². The number of azo groups is 2. The lowest BCUT2D eigenvalue weighted by Crippen LogP contribution is -2.40. The number of aryl methyl sites for hydroxylation is 2. The summed E-state index contributed by atoms with van der Waals surface area (Å²) < 4.78 is 4.38. The van der Waals surface area contributed by atoms with Crippen LogP contribution in [0.25, 0.3) is 0 Å². The average molecular weight is 732 g/mol. The van der Waals surface area contributed by atoms with Crippen molar-refractivity contribution in [1.82, 2.24) is 0 Å². The number of nitrogens with zero attached hydrogens (tertiary/aromatic N) is 8. The quantitative estimate of drug-likeness (QED) is 0.0794. The first-order valence-electron chi connectivity index (χ1n) is 18.8. The molecule has 10 nitrogen and oxygen atoms in total. The van der Waals surface area contributed by atoms with Gasteiger partial charge in [0.15, 0.2) is 37.9 Å². The van der Waals surface area contributed by atoms with E-state index in [1.54, 1.807) is 24.3 Å². The van der Waals surface area contributed by atoms with Crippen LogP contribution in [0.2, 0.25) is 0 Å². The summed E-state index contributed by atoms with van der Waals surface area (Å²) in [5.74, 6) is -0.213. The van der Waals surface area contributed by atoms with Gasteiger partial charge in [-0.05, 0) is 124 Å². The van der Waals surface area contributed by atoms with Crippen molar-refractivity contribution in [1.29, 1.82) is 0 Å². The van der Waals surface area contributed by atoms with Crippen LogP contribution in [0.3, 0.4) is 0 Å². The number of aromatic nitrogens is 2. The molecule has 0 saturated carbocycles. The summed E-state index contributed by atoms with van der Waals surface area (Å²) in [5, 5.41) is 20.8. The normalized spacial score (nSPS) is 11.3. The second kappa shape index (κ2) is 19.0. The second-order valence-electron chi connectivity index (χ2n) is 13.3. The minimum atomic E-state index is -0.213. The van der Waals surface area contributed by atoms with E-state index in [4.69, 9.17) is 0 Å². The van der Waals surface area contributed by atoms with Gasteiger partial charge in [-0.15, -0.1) is 0 Å². The molecule has 0 fully saturated rings. The van der Waals surface area contributed by atoms with Crippen molar-refractivity contribution in [2.45, 2.75) is 40.8 Å². The first-order valence-corrected chi connectivity index (χ1v) is 18.8. The summed E-state index contributed by atoms with van der Waals surface area (Å²) in [4.78, 5) is 17.7. The van der Waals surface area contributed by atoms with E-state index in [1.165, 1.54) is 5.69 Å². The van der Waals surface area contributed by atoms with E-state index in [0.29, 0.717) is 22.6 Å². The van der Waals surface area contributed by atoms with E-state index in [-0.39, 0.29) is 5.91 Å². The van der Waals surface area contributed by atoms with Gasteiger partial charge in [0.1, 0.15) is 0 Å². The lowest BCUT2D eigenvalue weighted by Gasteiger charge is -2.22. The van der Waals surface area contributed by atoms with Crippen molar-refractivity contribution in [3.05, 3.63) is 163 Å². The van der Waals surface area contributed by atoms with Crippen LogP contribution in [0.1, 0.15) is 35.3 Å². The van der Waals surface area contributed by atoms with Crippen molar-refractivity contribution < 1.29 is 13.9 Å². The van der Waals surface area contributed by atoms with Gasteiger partial charge in [0.2, 0.25) is 0 Å². The van der Waals surface area contributed by atoms with Crippen LogP contribution in [0, 0.1) is 13.8 Å². The minimum Gasteiger partial charge on any atom is -0.365 e. The summed E-state index contributed by atoms with van der Waals surface area (Å²) >= 11 is 0. The van der Waals surface area contributed by atoms with Crippen molar-refractivity contribution in [2.75, 3.05) is 41.3 Å². The Kier molecular flexibility index (Phi) is 13.2. The van der Waals surface area contributed by atoms with Gasteiger partial charge in [0, 0.05) is 60.0 Å². The first kappa shape index (κ1) is 38.2. The number of anilines is 3. The summed E-state index contributed by atoms with van der Waals surface area (Å²) in [7, 11) is 0. The maximum absolute atomic E-state index is 13.0. The third-order valence-corrected chi connectivity index (χ3v) is 9.47. The molecule has 0 aliphatic heterocycles. The molecule has 1 amide bonds. The van der Waals surface area contributed by atoms with Crippen molar-refractivity contribution in [3.8, 4) is 0 Å². The molecule has 10 heteroatoms. The van der Waals surface area contributed by atoms with Crippen LogP contribution < -0.4 is 24.3 Å². The van der Waals surface area contributed by atoms with E-state index in [9.17, 15) is 4.79 Å². The van der Waals surface area contributed by atoms with Crippen LogP contribution in [0.5, 0.6) is 0 Å². The molecule has 0 saturated heterocycles. The number of amides is 1. The molecule has 2 aromatic heterocycles. The molecule has 4 aromatic carbocycles. The molecule has 0 atom stereocenters. The zero-order valence-corrected chi connectivity index (χ0v) is 32.1. The summed E-state index contributed by atoms with van der Waals surface area (Å²) in [6.45, 7) is 13.9. The molecule has 1 N–H and O–H groups in total. The van der Waals surface area contributed by atoms with Gasteiger partial charge in [0.25, 0.3) is 5.91 Å². The second-order valence-corrected chi connectivity index (χ2v) is 13.3. The van der Waals surface area contributed by atoms with Crippen LogP contribution in [-0.2, 0) is 13.1 Å². The minimum absolute atomic E-state index is 0.213. The van der Waals surface area contributed by atoms with Gasteiger partial charge < -0.3 is 15.1 Å². The van der Waals surface area contributed by atoms with E-state index < -0.39 is 0 Å². The average Bonchev–Trinajstić information content (AvgIpc) is 3.22. The smallest absolute Gasteiger partial charge is 0.255 e. The highest BCUT2D eigenvalue weighted by atomic mass is 16.1. The van der Waals surface area contributed by atoms with Crippen molar-refractivity contribution >= 4 is 45.7 Å². The number of hydrogen-bond donors (Lipinski definition) is 1. The Hall–Kier alpha value is -6.55. The highest BCUT2D eigenvalue weighted by molar-refractivity contribution is 6.04. The Balaban J connectivity index is 0.995. The molecular formula is C45H49N9O+2. The molecule has 0 aliphatic rings. The van der Waals surface area contributed by atoms with Crippen molar-refractivity contribution in [3.63, 3.8) is 0 Å². The van der Waals surface area contributed by atoms with Gasteiger partial charge in [-0.1, -0.05) is 12.1 Å². The maximum Gasteiger partial charge on any atom is 0.255 e. The number of carbonyl (C=O) groups excluding carboxylic acids is 1. The third kappa shape index (κ3) is 10.8. The van der Waals surface area contributed by atoms with Crippen LogP contribution in [0.15, 0.2) is 167 Å². The Morgan fingerprint density at radius 1 is 0.564 bits per heavy atom. The fourth-order valence-electron chi connectivity index (χ4n) is 6.19. The topological polar surface area (TPSA) is 92.8 Å². The Labute approximate surface area is 324 Å². The monoisotopic (exact) mass is 731 g/mol. The predicted octanol–water partition coefficient (Wildman–Crippen LogP) is 10.0. The highest BCUT2D eigenvalue weighted by Crippen LogP contribution is 2.29. The number of nitrogens with one attached hydrogen (secondary N) is 1. The zero-order chi connectivity index (χ0) is 38.4. The molecule has 55 heavy (non-hydrogen) atoms. The lowest BCUT2D eigenvalue weighted by molar-refractivity contribution is -0.694. The summed E-state index contributed by atoms with van der Waals surface area (Å²) in [6.07, 6.45) is 8.36. The highest BCUT2D eigenvalue weighted by Gasteiger charge is 2.12. The number of pyridine rings is 2. The fourth-order valence-corrected chi connectivity index (χ4v) is 6.19. The molecule has 0 spiro atoms. The molecule has 0 unspecified atom stereocenters. The Bertz CT molecular complexity index is 2200. The van der Waals surface area contributed by atoms with Gasteiger partial charge >= 0.3 is 0 Å². The largest absolute Gasteiger partial charge is 0.365 e. The molecule has 0 bridgehead atoms. The van der Waals surface area contributed by atoms with Crippen LogP contribution in [-0.4, -0.2) is 32.1 Å². The van der Waals surface area contributed by atoms with Crippen molar-refractivity contribution in [2.24, 2.45) is 20.5 Å². The van der Waals surface area contributed by atoms with E-state index in [1.807, 2.05) is 67.6 Å². The predicted molar refractivity (Wildman–Crippen MR) is 221 cm³/mol. The Morgan fingerprint density at radius 3 is 1.42 bits per heavy atom. The third-order valence-electron chi connectivity index (χ3n) is 9.47. The lowest BCUT2D eigenvalue weighted by atomic mass is 10.1.